The van der Waals surface area contributed by atoms with Crippen molar-refractivity contribution >= 4 is 14.1 Å². The van der Waals surface area contributed by atoms with E-state index in [1.807, 2.05) is 18.8 Å². The van der Waals surface area contributed by atoms with Gasteiger partial charge >= 0.3 is 0 Å². The summed E-state index contributed by atoms with van der Waals surface area (Å²) in [6.45, 7) is 11.0. The number of ketones is 1. The van der Waals surface area contributed by atoms with Crippen LogP contribution in [0.1, 0.15) is 13.8 Å². The molecular weight excluding hydrogens is 168 g/mol. The molecule has 0 atom stereocenters. The molecule has 0 heterocycles. The summed E-state index contributed by atoms with van der Waals surface area (Å²) in [5, 5.41) is 0. The van der Waals surface area contributed by atoms with E-state index >= 15 is 0 Å². The molecule has 0 rings (SSSR count). The van der Waals surface area contributed by atoms with Gasteiger partial charge in [0.1, 0.15) is 0 Å². The number of carbonyl (C=O) groups excluding carboxylic acids is 1. The van der Waals surface area contributed by atoms with E-state index in [1.54, 1.807) is 6.92 Å². The molecule has 0 amide bonds. The molecule has 0 radical (unpaired) electrons. The van der Waals surface area contributed by atoms with Gasteiger partial charge < -0.3 is 4.43 Å². The summed E-state index contributed by atoms with van der Waals surface area (Å²) in [7, 11) is -1.76. The van der Waals surface area contributed by atoms with Crippen LogP contribution in [0, 0.1) is 0 Å². The zero-order chi connectivity index (χ0) is 9.78. The Balaban J connectivity index is 4.27. The van der Waals surface area contributed by atoms with Crippen LogP contribution >= 0.6 is 0 Å². The van der Waals surface area contributed by atoms with Gasteiger partial charge in [0.15, 0.2) is 5.78 Å². The predicted octanol–water partition coefficient (Wildman–Crippen LogP) is 2.43. The van der Waals surface area contributed by atoms with E-state index in [1.165, 1.54) is 13.0 Å². The molecule has 0 saturated carbocycles. The van der Waals surface area contributed by atoms with Crippen LogP contribution in [0.5, 0.6) is 0 Å². The highest BCUT2D eigenvalue weighted by atomic mass is 28.4. The first-order chi connectivity index (χ1) is 5.37. The number of rotatable bonds is 4. The van der Waals surface area contributed by atoms with Crippen LogP contribution in [0.2, 0.25) is 13.1 Å². The largest absolute Gasteiger partial charge is 0.543 e. The Bertz CT molecular complexity index is 217. The van der Waals surface area contributed by atoms with Crippen molar-refractivity contribution in [2.75, 3.05) is 0 Å². The number of hydrogen-bond donors (Lipinski definition) is 0. The quantitative estimate of drug-likeness (QED) is 0.381. The minimum atomic E-state index is -1.76. The van der Waals surface area contributed by atoms with Crippen LogP contribution in [0.4, 0.5) is 0 Å². The molecule has 0 aliphatic heterocycles. The van der Waals surface area contributed by atoms with Gasteiger partial charge in [-0.2, -0.15) is 0 Å². The maximum atomic E-state index is 10.7. The molecular formula is C9H16O2Si. The van der Waals surface area contributed by atoms with E-state index in [2.05, 4.69) is 6.58 Å². The van der Waals surface area contributed by atoms with Crippen LogP contribution in [0.25, 0.3) is 0 Å². The molecule has 0 aromatic carbocycles. The van der Waals surface area contributed by atoms with Crippen molar-refractivity contribution in [1.82, 2.24) is 0 Å². The van der Waals surface area contributed by atoms with Crippen LogP contribution in [-0.4, -0.2) is 14.1 Å². The Morgan fingerprint density at radius 2 is 1.92 bits per heavy atom. The van der Waals surface area contributed by atoms with Crippen molar-refractivity contribution in [3.05, 3.63) is 24.1 Å². The van der Waals surface area contributed by atoms with Crippen LogP contribution in [0.3, 0.4) is 0 Å². The third-order valence-corrected chi connectivity index (χ3v) is 3.15. The zero-order valence-electron chi connectivity index (χ0n) is 8.18. The molecule has 0 fully saturated rings. The maximum Gasteiger partial charge on any atom is 0.268 e. The fourth-order valence-electron chi connectivity index (χ4n) is 0.772. The average molecular weight is 184 g/mol. The lowest BCUT2D eigenvalue weighted by atomic mass is 10.4. The Labute approximate surface area is 75.1 Å². The summed E-state index contributed by atoms with van der Waals surface area (Å²) >= 11 is 0. The zero-order valence-corrected chi connectivity index (χ0v) is 9.18. The predicted molar refractivity (Wildman–Crippen MR) is 53.2 cm³/mol. The number of hydrogen-bond acceptors (Lipinski definition) is 2. The van der Waals surface area contributed by atoms with Crippen molar-refractivity contribution in [1.29, 1.82) is 0 Å². The van der Waals surface area contributed by atoms with E-state index < -0.39 is 8.32 Å². The minimum Gasteiger partial charge on any atom is -0.543 e. The number of carbonyl (C=O) groups is 1. The standard InChI is InChI=1S/C9H16O2Si/c1-6-12(4,5)11-9(3)7-8(2)10/h6-7H,1H2,2-5H3/b9-7+. The van der Waals surface area contributed by atoms with Gasteiger partial charge in [-0.25, -0.2) is 0 Å². The molecule has 0 aliphatic rings. The van der Waals surface area contributed by atoms with Crippen molar-refractivity contribution < 1.29 is 9.22 Å². The van der Waals surface area contributed by atoms with Crippen LogP contribution < -0.4 is 0 Å². The van der Waals surface area contributed by atoms with Crippen molar-refractivity contribution in [2.24, 2.45) is 0 Å². The third kappa shape index (κ3) is 4.90. The highest BCUT2D eigenvalue weighted by molar-refractivity contribution is 6.76. The Morgan fingerprint density at radius 1 is 1.42 bits per heavy atom. The Hall–Kier alpha value is -0.833. The molecule has 0 spiro atoms. The summed E-state index contributed by atoms with van der Waals surface area (Å²) in [6, 6.07) is 0. The molecule has 0 aromatic rings. The van der Waals surface area contributed by atoms with Crippen LogP contribution in [0.15, 0.2) is 24.1 Å². The van der Waals surface area contributed by atoms with E-state index in [9.17, 15) is 4.79 Å². The molecule has 0 aromatic heterocycles. The van der Waals surface area contributed by atoms with Gasteiger partial charge in [0, 0.05) is 6.08 Å². The SMILES string of the molecule is C=C[Si](C)(C)O/C(C)=C/C(C)=O. The van der Waals surface area contributed by atoms with Gasteiger partial charge in [-0.15, -0.1) is 6.58 Å². The second-order valence-corrected chi connectivity index (χ2v) is 7.09. The Morgan fingerprint density at radius 3 is 2.25 bits per heavy atom. The van der Waals surface area contributed by atoms with Gasteiger partial charge in [-0.1, -0.05) is 5.70 Å². The second-order valence-electron chi connectivity index (χ2n) is 3.28. The first-order valence-corrected chi connectivity index (χ1v) is 6.87. The van der Waals surface area contributed by atoms with Crippen molar-refractivity contribution in [2.45, 2.75) is 26.9 Å². The summed E-state index contributed by atoms with van der Waals surface area (Å²) in [4.78, 5) is 10.7. The summed E-state index contributed by atoms with van der Waals surface area (Å²) < 4.78 is 5.56. The average Bonchev–Trinajstić information content (AvgIpc) is 1.84. The highest BCUT2D eigenvalue weighted by Crippen LogP contribution is 2.10. The molecule has 68 valence electrons. The van der Waals surface area contributed by atoms with E-state index in [0.717, 1.165) is 0 Å². The summed E-state index contributed by atoms with van der Waals surface area (Å²) in [5.41, 5.74) is 1.84. The van der Waals surface area contributed by atoms with E-state index in [4.69, 9.17) is 4.43 Å². The maximum absolute atomic E-state index is 10.7. The fraction of sp³-hybridized carbons (Fsp3) is 0.444. The number of allylic oxidation sites excluding steroid dienone is 2. The second kappa shape index (κ2) is 4.26. The minimum absolute atomic E-state index is 0.0152. The highest BCUT2D eigenvalue weighted by Gasteiger charge is 2.18. The monoisotopic (exact) mass is 184 g/mol. The molecule has 12 heavy (non-hydrogen) atoms. The topological polar surface area (TPSA) is 26.3 Å². The van der Waals surface area contributed by atoms with Gasteiger partial charge in [0.05, 0.1) is 5.76 Å². The summed E-state index contributed by atoms with van der Waals surface area (Å²) in [5.74, 6) is 0.695. The fourth-order valence-corrected chi connectivity index (χ4v) is 1.74. The van der Waals surface area contributed by atoms with Crippen molar-refractivity contribution in [3.8, 4) is 0 Å². The van der Waals surface area contributed by atoms with Crippen molar-refractivity contribution in [3.63, 3.8) is 0 Å². The van der Waals surface area contributed by atoms with Crippen LogP contribution in [-0.2, 0) is 9.22 Å². The van der Waals surface area contributed by atoms with E-state index in [-0.39, 0.29) is 5.78 Å². The molecule has 0 aliphatic carbocycles. The Kier molecular flexibility index (Phi) is 3.96. The van der Waals surface area contributed by atoms with Gasteiger partial charge in [0.25, 0.3) is 8.32 Å². The van der Waals surface area contributed by atoms with Gasteiger partial charge in [-0.05, 0) is 26.9 Å². The first kappa shape index (κ1) is 11.2. The normalized spacial score (nSPS) is 12.5. The lowest BCUT2D eigenvalue weighted by Gasteiger charge is -2.19. The molecule has 0 N–H and O–H groups in total. The smallest absolute Gasteiger partial charge is 0.268 e. The lowest BCUT2D eigenvalue weighted by Crippen LogP contribution is -2.26. The van der Waals surface area contributed by atoms with E-state index in [0.29, 0.717) is 5.76 Å². The van der Waals surface area contributed by atoms with Gasteiger partial charge in [-0.3, -0.25) is 4.79 Å². The third-order valence-electron chi connectivity index (χ3n) is 1.32. The molecule has 0 bridgehead atoms. The lowest BCUT2D eigenvalue weighted by molar-refractivity contribution is -0.112. The summed E-state index contributed by atoms with van der Waals surface area (Å²) in [6.07, 6.45) is 1.50. The molecule has 0 unspecified atom stereocenters. The van der Waals surface area contributed by atoms with Gasteiger partial charge in [0.2, 0.25) is 0 Å². The molecule has 0 saturated heterocycles. The first-order valence-electron chi connectivity index (χ1n) is 3.89. The molecule has 3 heteroatoms. The molecule has 2 nitrogen and oxygen atoms in total.